The largest absolute Gasteiger partial charge is 0.337 e. The Morgan fingerprint density at radius 1 is 0.775 bits per heavy atom. The average Bonchev–Trinajstić information content (AvgIpc) is 3.37. The zero-order valence-corrected chi connectivity index (χ0v) is 24.5. The number of allylic oxidation sites excluding steroid dienone is 9. The van der Waals surface area contributed by atoms with Crippen molar-refractivity contribution in [2.24, 2.45) is 0 Å². The SMILES string of the molecule is CCc1ccc([Si](c2ccccc2)(c2ccc3c(c2)C2CCC=CC2N3C2=CC=CCC2)C2C=CC=CC2)cc1. The third-order valence-electron chi connectivity index (χ3n) is 9.71. The lowest BCUT2D eigenvalue weighted by molar-refractivity contribution is 0.560. The normalized spacial score (nSPS) is 24.4. The van der Waals surface area contributed by atoms with E-state index in [4.69, 9.17) is 0 Å². The topological polar surface area (TPSA) is 3.24 Å². The molecule has 40 heavy (non-hydrogen) atoms. The summed E-state index contributed by atoms with van der Waals surface area (Å²) in [5.41, 5.74) is 6.35. The van der Waals surface area contributed by atoms with Gasteiger partial charge >= 0.3 is 0 Å². The van der Waals surface area contributed by atoms with Gasteiger partial charge in [0.15, 0.2) is 8.07 Å². The van der Waals surface area contributed by atoms with Crippen LogP contribution in [0.3, 0.4) is 0 Å². The molecule has 0 amide bonds. The van der Waals surface area contributed by atoms with E-state index in [-0.39, 0.29) is 0 Å². The summed E-state index contributed by atoms with van der Waals surface area (Å²) in [6.45, 7) is 2.25. The molecule has 0 radical (unpaired) electrons. The highest BCUT2D eigenvalue weighted by Crippen LogP contribution is 2.48. The molecule has 7 rings (SSSR count). The van der Waals surface area contributed by atoms with Gasteiger partial charge in [0, 0.05) is 17.3 Å². The van der Waals surface area contributed by atoms with Gasteiger partial charge in [-0.3, -0.25) is 0 Å². The zero-order valence-electron chi connectivity index (χ0n) is 23.5. The Bertz CT molecular complexity index is 1520. The number of rotatable bonds is 6. The molecule has 0 spiro atoms. The number of fused-ring (bicyclic) bond motifs is 3. The molecule has 0 fully saturated rings. The van der Waals surface area contributed by atoms with E-state index in [9.17, 15) is 0 Å². The predicted octanol–water partition coefficient (Wildman–Crippen LogP) is 7.46. The lowest BCUT2D eigenvalue weighted by Crippen LogP contribution is -2.69. The van der Waals surface area contributed by atoms with Crippen LogP contribution in [0.25, 0.3) is 0 Å². The van der Waals surface area contributed by atoms with E-state index in [2.05, 4.69) is 139 Å². The number of aryl methyl sites for hydroxylation is 1. The van der Waals surface area contributed by atoms with Crippen molar-refractivity contribution in [3.05, 3.63) is 144 Å². The van der Waals surface area contributed by atoms with E-state index in [0.717, 1.165) is 25.7 Å². The maximum Gasteiger partial charge on any atom is 0.155 e. The fourth-order valence-corrected chi connectivity index (χ4v) is 13.1. The molecule has 3 aromatic carbocycles. The van der Waals surface area contributed by atoms with E-state index in [0.29, 0.717) is 17.5 Å². The molecule has 4 aliphatic rings. The quantitative estimate of drug-likeness (QED) is 0.179. The number of hydrogen-bond acceptors (Lipinski definition) is 1. The maximum atomic E-state index is 2.67. The van der Waals surface area contributed by atoms with Crippen LogP contribution >= 0.6 is 0 Å². The van der Waals surface area contributed by atoms with E-state index >= 15 is 0 Å². The molecule has 4 atom stereocenters. The van der Waals surface area contributed by atoms with Crippen LogP contribution in [0.4, 0.5) is 5.69 Å². The van der Waals surface area contributed by atoms with Crippen LogP contribution in [0, 0.1) is 0 Å². The van der Waals surface area contributed by atoms with Crippen LogP contribution < -0.4 is 20.5 Å². The number of anilines is 1. The van der Waals surface area contributed by atoms with Gasteiger partial charge in [-0.25, -0.2) is 0 Å². The zero-order chi connectivity index (χ0) is 26.9. The molecule has 0 bridgehead atoms. The van der Waals surface area contributed by atoms with Crippen molar-refractivity contribution in [3.8, 4) is 0 Å². The number of hydrogen-bond donors (Lipinski definition) is 0. The highest BCUT2D eigenvalue weighted by atomic mass is 28.3. The first-order valence-corrected chi connectivity index (χ1v) is 17.3. The lowest BCUT2D eigenvalue weighted by Gasteiger charge is -2.40. The summed E-state index contributed by atoms with van der Waals surface area (Å²) in [5.74, 6) is 0.554. The summed E-state index contributed by atoms with van der Waals surface area (Å²) in [7, 11) is -2.42. The van der Waals surface area contributed by atoms with Gasteiger partial charge in [-0.2, -0.15) is 0 Å². The molecule has 0 saturated carbocycles. The van der Waals surface area contributed by atoms with Crippen molar-refractivity contribution in [1.82, 2.24) is 0 Å². The molecule has 4 unspecified atom stereocenters. The molecule has 0 aromatic heterocycles. The minimum Gasteiger partial charge on any atom is -0.337 e. The molecule has 3 aliphatic carbocycles. The average molecular weight is 538 g/mol. The van der Waals surface area contributed by atoms with Gasteiger partial charge in [-0.05, 0) is 82.9 Å². The fourth-order valence-electron chi connectivity index (χ4n) is 7.78. The van der Waals surface area contributed by atoms with Crippen LogP contribution in [0.1, 0.15) is 56.1 Å². The summed E-state index contributed by atoms with van der Waals surface area (Å²) in [4.78, 5) is 2.67. The molecule has 1 heterocycles. The Kier molecular flexibility index (Phi) is 6.81. The van der Waals surface area contributed by atoms with Crippen molar-refractivity contribution in [2.75, 3.05) is 4.90 Å². The van der Waals surface area contributed by atoms with E-state index in [1.165, 1.54) is 40.2 Å². The second kappa shape index (κ2) is 10.7. The molecule has 0 N–H and O–H groups in total. The summed E-state index contributed by atoms with van der Waals surface area (Å²) in [6.07, 6.45) is 28.1. The Balaban J connectivity index is 1.46. The van der Waals surface area contributed by atoms with Crippen LogP contribution in [0.15, 0.2) is 133 Å². The minimum absolute atomic E-state index is 0.436. The Morgan fingerprint density at radius 3 is 2.35 bits per heavy atom. The summed E-state index contributed by atoms with van der Waals surface area (Å²) in [5, 5.41) is 4.59. The van der Waals surface area contributed by atoms with Crippen molar-refractivity contribution < 1.29 is 0 Å². The van der Waals surface area contributed by atoms with Crippen molar-refractivity contribution in [2.45, 2.75) is 62.9 Å². The monoisotopic (exact) mass is 537 g/mol. The third kappa shape index (κ3) is 4.12. The van der Waals surface area contributed by atoms with E-state index < -0.39 is 8.07 Å². The van der Waals surface area contributed by atoms with Crippen molar-refractivity contribution >= 4 is 29.3 Å². The summed E-state index contributed by atoms with van der Waals surface area (Å²) >= 11 is 0. The minimum atomic E-state index is -2.42. The Morgan fingerprint density at radius 2 is 1.60 bits per heavy atom. The van der Waals surface area contributed by atoms with Gasteiger partial charge in [0.05, 0.1) is 6.04 Å². The smallest absolute Gasteiger partial charge is 0.155 e. The van der Waals surface area contributed by atoms with E-state index in [1.807, 2.05) is 0 Å². The number of benzene rings is 3. The maximum absolute atomic E-state index is 2.67. The number of nitrogens with zero attached hydrogens (tertiary/aromatic N) is 1. The van der Waals surface area contributed by atoms with Gasteiger partial charge in [0.25, 0.3) is 0 Å². The van der Waals surface area contributed by atoms with Crippen LogP contribution in [0.2, 0.25) is 5.54 Å². The second-order valence-corrected chi connectivity index (χ2v) is 15.8. The predicted molar refractivity (Wildman–Crippen MR) is 174 cm³/mol. The Labute approximate surface area is 241 Å². The molecule has 3 aromatic rings. The lowest BCUT2D eigenvalue weighted by atomic mass is 9.86. The first-order chi connectivity index (χ1) is 19.8. The van der Waals surface area contributed by atoms with Crippen LogP contribution in [-0.2, 0) is 6.42 Å². The highest BCUT2D eigenvalue weighted by Gasteiger charge is 2.47. The van der Waals surface area contributed by atoms with Gasteiger partial charge in [0.1, 0.15) is 0 Å². The molecule has 2 heteroatoms. The summed E-state index contributed by atoms with van der Waals surface area (Å²) in [6, 6.07) is 29.3. The van der Waals surface area contributed by atoms with Gasteiger partial charge in [-0.15, -0.1) is 0 Å². The van der Waals surface area contributed by atoms with Crippen molar-refractivity contribution in [1.29, 1.82) is 0 Å². The second-order valence-electron chi connectivity index (χ2n) is 11.8. The molecular formula is C38H39NSi. The summed E-state index contributed by atoms with van der Waals surface area (Å²) < 4.78 is 0. The molecule has 1 nitrogen and oxygen atoms in total. The molecular weight excluding hydrogens is 499 g/mol. The first-order valence-electron chi connectivity index (χ1n) is 15.2. The first kappa shape index (κ1) is 25.4. The van der Waals surface area contributed by atoms with Crippen LogP contribution in [-0.4, -0.2) is 14.1 Å². The standard InChI is InChI=1S/C38H39NSi/c1-2-29-22-24-33(25-23-29)40(31-16-8-4-9-17-31,32-18-10-5-11-19-32)34-26-27-38-36(28-34)35-20-12-13-21-37(35)39(38)30-14-6-3-7-15-30/h3-6,8-11,13-14,16-18,21-28,32,35,37H,2,7,12,15,19-20H2,1H3. The van der Waals surface area contributed by atoms with E-state index in [1.54, 1.807) is 10.8 Å². The van der Waals surface area contributed by atoms with Crippen molar-refractivity contribution in [3.63, 3.8) is 0 Å². The fraction of sp³-hybridized carbons (Fsp3) is 0.263. The van der Waals surface area contributed by atoms with Gasteiger partial charge in [-0.1, -0.05) is 122 Å². The van der Waals surface area contributed by atoms with Gasteiger partial charge < -0.3 is 4.90 Å². The van der Waals surface area contributed by atoms with Crippen LogP contribution in [0.5, 0.6) is 0 Å². The molecule has 1 aliphatic heterocycles. The Hall–Kier alpha value is -3.62. The van der Waals surface area contributed by atoms with Gasteiger partial charge in [0.2, 0.25) is 0 Å². The third-order valence-corrected chi connectivity index (χ3v) is 15.0. The molecule has 200 valence electrons. The molecule has 0 saturated heterocycles. The highest BCUT2D eigenvalue weighted by molar-refractivity contribution is 7.12.